The molecule has 0 bridgehead atoms. The Bertz CT molecular complexity index is 233. The summed E-state index contributed by atoms with van der Waals surface area (Å²) < 4.78 is 0. The molecule has 0 spiro atoms. The van der Waals surface area contributed by atoms with Gasteiger partial charge in [-0.25, -0.2) is 0 Å². The summed E-state index contributed by atoms with van der Waals surface area (Å²) in [6.45, 7) is 4.36. The first-order valence-corrected chi connectivity index (χ1v) is 3.96. The van der Waals surface area contributed by atoms with Crippen molar-refractivity contribution in [1.82, 2.24) is 4.98 Å². The minimum Gasteiger partial charge on any atom is -0.362 e. The van der Waals surface area contributed by atoms with Gasteiger partial charge in [0.1, 0.15) is 0 Å². The van der Waals surface area contributed by atoms with Gasteiger partial charge in [0, 0.05) is 11.4 Å². The van der Waals surface area contributed by atoms with Gasteiger partial charge < -0.3 is 4.98 Å². The van der Waals surface area contributed by atoms with Crippen molar-refractivity contribution in [2.45, 2.75) is 33.1 Å². The number of hydrogen-bond donors (Lipinski definition) is 1. The Labute approximate surface area is 61.5 Å². The van der Waals surface area contributed by atoms with Gasteiger partial charge in [-0.2, -0.15) is 0 Å². The van der Waals surface area contributed by atoms with Gasteiger partial charge in [-0.05, 0) is 44.2 Å². The molecule has 0 saturated heterocycles. The van der Waals surface area contributed by atoms with Crippen molar-refractivity contribution in [1.29, 1.82) is 0 Å². The van der Waals surface area contributed by atoms with E-state index in [9.17, 15) is 0 Å². The highest BCUT2D eigenvalue weighted by Gasteiger charge is 2.16. The van der Waals surface area contributed by atoms with E-state index >= 15 is 0 Å². The van der Waals surface area contributed by atoms with Crippen LogP contribution in [0, 0.1) is 13.8 Å². The van der Waals surface area contributed by atoms with Gasteiger partial charge in [0.05, 0.1) is 0 Å². The van der Waals surface area contributed by atoms with E-state index in [1.807, 2.05) is 0 Å². The zero-order chi connectivity index (χ0) is 7.14. The van der Waals surface area contributed by atoms with Crippen LogP contribution < -0.4 is 0 Å². The van der Waals surface area contributed by atoms with E-state index in [-0.39, 0.29) is 0 Å². The topological polar surface area (TPSA) is 15.8 Å². The molecule has 1 aliphatic rings. The molecule has 2 rings (SSSR count). The molecular formula is C9H13N. The molecule has 0 aliphatic heterocycles. The Morgan fingerprint density at radius 1 is 1.00 bits per heavy atom. The summed E-state index contributed by atoms with van der Waals surface area (Å²) >= 11 is 0. The number of aryl methyl sites for hydroxylation is 2. The molecule has 54 valence electrons. The molecular weight excluding hydrogens is 122 g/mol. The normalized spacial score (nSPS) is 15.8. The monoisotopic (exact) mass is 135 g/mol. The number of hydrogen-bond acceptors (Lipinski definition) is 0. The van der Waals surface area contributed by atoms with Crippen LogP contribution in [0.1, 0.15) is 28.9 Å². The van der Waals surface area contributed by atoms with E-state index in [2.05, 4.69) is 18.8 Å². The van der Waals surface area contributed by atoms with Gasteiger partial charge >= 0.3 is 0 Å². The van der Waals surface area contributed by atoms with Crippen LogP contribution in [0.2, 0.25) is 0 Å². The van der Waals surface area contributed by atoms with Crippen LogP contribution in [0.4, 0.5) is 0 Å². The number of H-pyrrole nitrogens is 1. The van der Waals surface area contributed by atoms with Gasteiger partial charge in [0.15, 0.2) is 0 Å². The second-order valence-electron chi connectivity index (χ2n) is 3.19. The fourth-order valence-electron chi connectivity index (χ4n) is 2.00. The van der Waals surface area contributed by atoms with E-state index in [0.717, 1.165) is 0 Å². The number of rotatable bonds is 0. The fourth-order valence-corrected chi connectivity index (χ4v) is 2.00. The second-order valence-corrected chi connectivity index (χ2v) is 3.19. The maximum atomic E-state index is 3.38. The summed E-state index contributed by atoms with van der Waals surface area (Å²) in [5.74, 6) is 0. The first kappa shape index (κ1) is 6.02. The van der Waals surface area contributed by atoms with Gasteiger partial charge in [0.2, 0.25) is 0 Å². The third kappa shape index (κ3) is 0.634. The third-order valence-electron chi connectivity index (χ3n) is 2.50. The molecule has 1 nitrogen and oxygen atoms in total. The number of nitrogens with one attached hydrogen (secondary N) is 1. The molecule has 1 heteroatoms. The molecule has 0 atom stereocenters. The molecule has 1 aromatic rings. The van der Waals surface area contributed by atoms with Crippen molar-refractivity contribution in [2.75, 3.05) is 0 Å². The Balaban J connectivity index is 2.61. The van der Waals surface area contributed by atoms with Crippen LogP contribution in [-0.2, 0) is 12.8 Å². The lowest BCUT2D eigenvalue weighted by atomic mass is 10.2. The lowest BCUT2D eigenvalue weighted by molar-refractivity contribution is 0.888. The quantitative estimate of drug-likeness (QED) is 0.561. The standard InChI is InChI=1S/C9H13N/c1-6-8-4-3-5-9(8)7(2)10-6/h10H,3-5H2,1-2H3. The van der Waals surface area contributed by atoms with Crippen molar-refractivity contribution in [3.05, 3.63) is 22.5 Å². The minimum absolute atomic E-state index is 1.30. The molecule has 0 aromatic carbocycles. The predicted octanol–water partition coefficient (Wildman–Crippen LogP) is 2.12. The van der Waals surface area contributed by atoms with Gasteiger partial charge in [0.25, 0.3) is 0 Å². The number of aromatic amines is 1. The Hall–Kier alpha value is -0.720. The SMILES string of the molecule is Cc1[nH]c(C)c2c1CCC2. The van der Waals surface area contributed by atoms with Crippen LogP contribution in [-0.4, -0.2) is 4.98 Å². The van der Waals surface area contributed by atoms with Crippen LogP contribution in [0.3, 0.4) is 0 Å². The largest absolute Gasteiger partial charge is 0.362 e. The van der Waals surface area contributed by atoms with Crippen molar-refractivity contribution in [3.8, 4) is 0 Å². The summed E-state index contributed by atoms with van der Waals surface area (Å²) in [5, 5.41) is 0. The summed E-state index contributed by atoms with van der Waals surface area (Å²) in [5.41, 5.74) is 5.98. The van der Waals surface area contributed by atoms with Crippen molar-refractivity contribution in [2.24, 2.45) is 0 Å². The molecule has 10 heavy (non-hydrogen) atoms. The average Bonchev–Trinajstić information content (AvgIpc) is 2.39. The zero-order valence-corrected chi connectivity index (χ0v) is 6.62. The first-order valence-electron chi connectivity index (χ1n) is 3.96. The Kier molecular flexibility index (Phi) is 1.13. The first-order chi connectivity index (χ1) is 4.79. The predicted molar refractivity (Wildman–Crippen MR) is 42.3 cm³/mol. The second kappa shape index (κ2) is 1.88. The molecule has 0 saturated carbocycles. The molecule has 1 aromatic heterocycles. The van der Waals surface area contributed by atoms with E-state index < -0.39 is 0 Å². The summed E-state index contributed by atoms with van der Waals surface area (Å²) in [6, 6.07) is 0. The summed E-state index contributed by atoms with van der Waals surface area (Å²) in [7, 11) is 0. The van der Waals surface area contributed by atoms with E-state index in [1.165, 1.54) is 30.7 Å². The summed E-state index contributed by atoms with van der Waals surface area (Å²) in [6.07, 6.45) is 3.96. The highest BCUT2D eigenvalue weighted by molar-refractivity contribution is 5.39. The van der Waals surface area contributed by atoms with E-state index in [1.54, 1.807) is 11.1 Å². The number of aromatic nitrogens is 1. The zero-order valence-electron chi connectivity index (χ0n) is 6.62. The molecule has 1 heterocycles. The Morgan fingerprint density at radius 2 is 1.50 bits per heavy atom. The van der Waals surface area contributed by atoms with Crippen LogP contribution >= 0.6 is 0 Å². The summed E-state index contributed by atoms with van der Waals surface area (Å²) in [4.78, 5) is 3.38. The highest BCUT2D eigenvalue weighted by Crippen LogP contribution is 2.27. The molecule has 1 aliphatic carbocycles. The van der Waals surface area contributed by atoms with Gasteiger partial charge in [-0.3, -0.25) is 0 Å². The molecule has 1 N–H and O–H groups in total. The minimum atomic E-state index is 1.30. The molecule has 0 unspecified atom stereocenters. The van der Waals surface area contributed by atoms with Crippen molar-refractivity contribution < 1.29 is 0 Å². The Morgan fingerprint density at radius 3 is 2.00 bits per heavy atom. The van der Waals surface area contributed by atoms with Crippen LogP contribution in [0.15, 0.2) is 0 Å². The highest BCUT2D eigenvalue weighted by atomic mass is 14.7. The van der Waals surface area contributed by atoms with Crippen LogP contribution in [0.25, 0.3) is 0 Å². The molecule has 0 radical (unpaired) electrons. The van der Waals surface area contributed by atoms with E-state index in [4.69, 9.17) is 0 Å². The lowest BCUT2D eigenvalue weighted by Gasteiger charge is -1.88. The van der Waals surface area contributed by atoms with Gasteiger partial charge in [-0.1, -0.05) is 0 Å². The van der Waals surface area contributed by atoms with Crippen molar-refractivity contribution >= 4 is 0 Å². The third-order valence-corrected chi connectivity index (χ3v) is 2.50. The fraction of sp³-hybridized carbons (Fsp3) is 0.556. The van der Waals surface area contributed by atoms with Crippen LogP contribution in [0.5, 0.6) is 0 Å². The number of fused-ring (bicyclic) bond motifs is 1. The maximum Gasteiger partial charge on any atom is 0.0153 e. The maximum absolute atomic E-state index is 3.38. The van der Waals surface area contributed by atoms with Crippen molar-refractivity contribution in [3.63, 3.8) is 0 Å². The smallest absolute Gasteiger partial charge is 0.0153 e. The lowest BCUT2D eigenvalue weighted by Crippen LogP contribution is -1.80. The van der Waals surface area contributed by atoms with Gasteiger partial charge in [-0.15, -0.1) is 0 Å². The molecule has 0 fully saturated rings. The van der Waals surface area contributed by atoms with E-state index in [0.29, 0.717) is 0 Å². The molecule has 0 amide bonds. The average molecular weight is 135 g/mol.